The summed E-state index contributed by atoms with van der Waals surface area (Å²) in [6.45, 7) is 6.87. The van der Waals surface area contributed by atoms with Crippen molar-refractivity contribution in [1.82, 2.24) is 4.57 Å². The topological polar surface area (TPSA) is 30.9 Å². The molecule has 0 spiro atoms. The maximum absolute atomic E-state index is 6.31. The molecule has 3 rings (SSSR count). The second-order valence-electron chi connectivity index (χ2n) is 6.26. The molecule has 0 amide bonds. The van der Waals surface area contributed by atoms with Gasteiger partial charge in [0.15, 0.2) is 0 Å². The lowest BCUT2D eigenvalue weighted by atomic mass is 9.93. The molecule has 1 aliphatic rings. The summed E-state index contributed by atoms with van der Waals surface area (Å²) in [7, 11) is 0. The van der Waals surface area contributed by atoms with Gasteiger partial charge in [0.1, 0.15) is 0 Å². The van der Waals surface area contributed by atoms with E-state index in [-0.39, 0.29) is 6.04 Å². The molecule has 0 saturated heterocycles. The van der Waals surface area contributed by atoms with Gasteiger partial charge in [0.25, 0.3) is 0 Å². The molecule has 2 aromatic heterocycles. The van der Waals surface area contributed by atoms with Gasteiger partial charge in [-0.3, -0.25) is 0 Å². The van der Waals surface area contributed by atoms with E-state index < -0.39 is 0 Å². The minimum absolute atomic E-state index is 0.231. The maximum Gasteiger partial charge on any atom is 0.0700 e. The molecule has 3 heteroatoms. The molecule has 2 nitrogen and oxygen atoms in total. The zero-order valence-corrected chi connectivity index (χ0v) is 13.4. The van der Waals surface area contributed by atoms with E-state index in [2.05, 4.69) is 48.9 Å². The third kappa shape index (κ3) is 2.23. The monoisotopic (exact) mass is 288 g/mol. The summed E-state index contributed by atoms with van der Waals surface area (Å²) in [6.07, 6.45) is 3.51. The summed E-state index contributed by atoms with van der Waals surface area (Å²) in [5, 5.41) is 2.18. The summed E-state index contributed by atoms with van der Waals surface area (Å²) >= 11 is 1.87. The van der Waals surface area contributed by atoms with Crippen LogP contribution in [0.15, 0.2) is 23.6 Å². The van der Waals surface area contributed by atoms with Gasteiger partial charge in [-0.1, -0.05) is 19.9 Å². The van der Waals surface area contributed by atoms with Crippen molar-refractivity contribution in [1.29, 1.82) is 0 Å². The predicted octanol–water partition coefficient (Wildman–Crippen LogP) is 4.44. The molecule has 2 atom stereocenters. The van der Waals surface area contributed by atoms with Crippen LogP contribution in [-0.2, 0) is 6.42 Å². The third-order valence-corrected chi connectivity index (χ3v) is 5.38. The highest BCUT2D eigenvalue weighted by Gasteiger charge is 2.28. The second-order valence-corrected chi connectivity index (χ2v) is 7.24. The Morgan fingerprint density at radius 3 is 2.85 bits per heavy atom. The van der Waals surface area contributed by atoms with E-state index in [0.29, 0.717) is 12.0 Å². The number of hydrogen-bond donors (Lipinski definition) is 1. The van der Waals surface area contributed by atoms with E-state index in [1.54, 1.807) is 0 Å². The van der Waals surface area contributed by atoms with Gasteiger partial charge in [-0.2, -0.15) is 0 Å². The van der Waals surface area contributed by atoms with Crippen LogP contribution in [0.3, 0.4) is 0 Å². The van der Waals surface area contributed by atoms with Crippen LogP contribution >= 0.6 is 11.3 Å². The molecule has 0 saturated carbocycles. The molecule has 0 fully saturated rings. The summed E-state index contributed by atoms with van der Waals surface area (Å²) in [5.41, 5.74) is 10.5. The number of aromatic nitrogens is 1. The van der Waals surface area contributed by atoms with Gasteiger partial charge in [0.2, 0.25) is 0 Å². The van der Waals surface area contributed by atoms with E-state index in [1.165, 1.54) is 34.7 Å². The van der Waals surface area contributed by atoms with Crippen LogP contribution in [0.1, 0.15) is 60.6 Å². The Labute approximate surface area is 125 Å². The largest absolute Gasteiger partial charge is 0.340 e. The van der Waals surface area contributed by atoms with Crippen molar-refractivity contribution in [3.8, 4) is 0 Å². The number of fused-ring (bicyclic) bond motifs is 1. The molecule has 0 radical (unpaired) electrons. The first-order valence-corrected chi connectivity index (χ1v) is 8.47. The molecule has 2 unspecified atom stereocenters. The molecule has 20 heavy (non-hydrogen) atoms. The molecule has 0 bridgehead atoms. The Bertz CT molecular complexity index is 580. The second kappa shape index (κ2) is 5.38. The van der Waals surface area contributed by atoms with Crippen molar-refractivity contribution in [3.05, 3.63) is 45.4 Å². The van der Waals surface area contributed by atoms with Crippen LogP contribution in [0, 0.1) is 12.8 Å². The van der Waals surface area contributed by atoms with E-state index in [4.69, 9.17) is 5.73 Å². The van der Waals surface area contributed by atoms with Gasteiger partial charge < -0.3 is 10.3 Å². The van der Waals surface area contributed by atoms with Crippen molar-refractivity contribution in [2.45, 2.75) is 52.1 Å². The van der Waals surface area contributed by atoms with Gasteiger partial charge in [0.05, 0.1) is 6.04 Å². The van der Waals surface area contributed by atoms with E-state index in [1.807, 2.05) is 11.3 Å². The maximum atomic E-state index is 6.31. The van der Waals surface area contributed by atoms with E-state index in [9.17, 15) is 0 Å². The standard InChI is InChI=1S/C17H24N2S/c1-11(2)17(16-8-5-9-20-16)19-12(3)10-13-14(18)6-4-7-15(13)19/h5,8-11,14,17H,4,6-7,18H2,1-3H3. The summed E-state index contributed by atoms with van der Waals surface area (Å²) in [6, 6.07) is 7.43. The predicted molar refractivity (Wildman–Crippen MR) is 86.3 cm³/mol. The average molecular weight is 288 g/mol. The molecular formula is C17H24N2S. The van der Waals surface area contributed by atoms with Gasteiger partial charge in [0, 0.05) is 22.3 Å². The number of nitrogens with zero attached hydrogens (tertiary/aromatic N) is 1. The van der Waals surface area contributed by atoms with Crippen molar-refractivity contribution >= 4 is 11.3 Å². The highest BCUT2D eigenvalue weighted by Crippen LogP contribution is 2.38. The lowest BCUT2D eigenvalue weighted by molar-refractivity contribution is 0.416. The third-order valence-electron chi connectivity index (χ3n) is 4.44. The highest BCUT2D eigenvalue weighted by atomic mass is 32.1. The first-order chi connectivity index (χ1) is 9.59. The fraction of sp³-hybridized carbons (Fsp3) is 0.529. The smallest absolute Gasteiger partial charge is 0.0700 e. The average Bonchev–Trinajstić information content (AvgIpc) is 3.01. The molecule has 1 aliphatic carbocycles. The van der Waals surface area contributed by atoms with Crippen LogP contribution < -0.4 is 5.73 Å². The molecule has 108 valence electrons. The fourth-order valence-corrected chi connectivity index (χ4v) is 4.55. The van der Waals surface area contributed by atoms with Crippen LogP contribution in [0.4, 0.5) is 0 Å². The number of aryl methyl sites for hydroxylation is 1. The first kappa shape index (κ1) is 13.9. The van der Waals surface area contributed by atoms with Crippen LogP contribution in [0.2, 0.25) is 0 Å². The minimum atomic E-state index is 0.231. The SMILES string of the molecule is Cc1cc2c(n1C(c1cccs1)C(C)C)CCCC2N. The normalized spacial score (nSPS) is 20.1. The number of nitrogens with two attached hydrogens (primary N) is 1. The number of hydrogen-bond acceptors (Lipinski definition) is 2. The molecule has 2 N–H and O–H groups in total. The van der Waals surface area contributed by atoms with Crippen LogP contribution in [-0.4, -0.2) is 4.57 Å². The first-order valence-electron chi connectivity index (χ1n) is 7.59. The van der Waals surface area contributed by atoms with E-state index >= 15 is 0 Å². The van der Waals surface area contributed by atoms with Gasteiger partial charge in [-0.25, -0.2) is 0 Å². The van der Waals surface area contributed by atoms with E-state index in [0.717, 1.165) is 6.42 Å². The summed E-state index contributed by atoms with van der Waals surface area (Å²) < 4.78 is 2.56. The van der Waals surface area contributed by atoms with Crippen molar-refractivity contribution in [2.24, 2.45) is 11.7 Å². The summed E-state index contributed by atoms with van der Waals surface area (Å²) in [4.78, 5) is 1.46. The van der Waals surface area contributed by atoms with Gasteiger partial charge >= 0.3 is 0 Å². The number of rotatable bonds is 3. The molecule has 2 aromatic rings. The Balaban J connectivity index is 2.13. The molecule has 0 aliphatic heterocycles. The minimum Gasteiger partial charge on any atom is -0.340 e. The fourth-order valence-electron chi connectivity index (χ4n) is 3.56. The molecular weight excluding hydrogens is 264 g/mol. The summed E-state index contributed by atoms with van der Waals surface area (Å²) in [5.74, 6) is 0.585. The molecule has 2 heterocycles. The molecule has 0 aromatic carbocycles. The highest BCUT2D eigenvalue weighted by molar-refractivity contribution is 7.10. The quantitative estimate of drug-likeness (QED) is 0.889. The Morgan fingerprint density at radius 2 is 2.20 bits per heavy atom. The zero-order chi connectivity index (χ0) is 14.3. The van der Waals surface area contributed by atoms with Crippen molar-refractivity contribution < 1.29 is 0 Å². The Kier molecular flexibility index (Phi) is 3.74. The van der Waals surface area contributed by atoms with Crippen LogP contribution in [0.25, 0.3) is 0 Å². The van der Waals surface area contributed by atoms with Crippen LogP contribution in [0.5, 0.6) is 0 Å². The lowest BCUT2D eigenvalue weighted by Crippen LogP contribution is -2.23. The number of thiophene rings is 1. The lowest BCUT2D eigenvalue weighted by Gasteiger charge is -2.28. The van der Waals surface area contributed by atoms with Gasteiger partial charge in [-0.15, -0.1) is 11.3 Å². The zero-order valence-electron chi connectivity index (χ0n) is 12.6. The van der Waals surface area contributed by atoms with Crippen molar-refractivity contribution in [3.63, 3.8) is 0 Å². The Morgan fingerprint density at radius 1 is 1.40 bits per heavy atom. The van der Waals surface area contributed by atoms with Gasteiger partial charge in [-0.05, 0) is 55.2 Å². The Hall–Kier alpha value is -1.06. The van der Waals surface area contributed by atoms with Crippen molar-refractivity contribution in [2.75, 3.05) is 0 Å².